The molecule has 0 saturated heterocycles. The SMILES string of the molecule is O=C(/C=C/c1ccc([N+](=O)[O-])cc1)Oc1c(Br)cc(Br)cc1/C=C/[N+](=O)[O-]. The minimum absolute atomic E-state index is 0.0595. The van der Waals surface area contributed by atoms with Crippen LogP contribution in [0.2, 0.25) is 0 Å². The Hall–Kier alpha value is -2.85. The second kappa shape index (κ2) is 9.19. The van der Waals surface area contributed by atoms with Gasteiger partial charge in [-0.2, -0.15) is 0 Å². The molecule has 27 heavy (non-hydrogen) atoms. The molecule has 10 heteroatoms. The van der Waals surface area contributed by atoms with Crippen LogP contribution in [0.4, 0.5) is 5.69 Å². The van der Waals surface area contributed by atoms with Gasteiger partial charge >= 0.3 is 5.97 Å². The number of nitrogens with zero attached hydrogens (tertiary/aromatic N) is 2. The number of hydrogen-bond acceptors (Lipinski definition) is 6. The summed E-state index contributed by atoms with van der Waals surface area (Å²) in [6, 6.07) is 8.80. The maximum Gasteiger partial charge on any atom is 0.336 e. The number of nitro groups is 2. The number of hydrogen-bond donors (Lipinski definition) is 0. The predicted molar refractivity (Wildman–Crippen MR) is 106 cm³/mol. The highest BCUT2D eigenvalue weighted by Gasteiger charge is 2.12. The molecule has 2 rings (SSSR count). The highest BCUT2D eigenvalue weighted by atomic mass is 79.9. The fourth-order valence-electron chi connectivity index (χ4n) is 1.96. The van der Waals surface area contributed by atoms with E-state index in [2.05, 4.69) is 31.9 Å². The fraction of sp³-hybridized carbons (Fsp3) is 0. The van der Waals surface area contributed by atoms with Crippen LogP contribution in [-0.4, -0.2) is 15.8 Å². The molecule has 2 aromatic carbocycles. The minimum atomic E-state index is -0.716. The Bertz CT molecular complexity index is 955. The lowest BCUT2D eigenvalue weighted by atomic mass is 10.2. The van der Waals surface area contributed by atoms with Crippen molar-refractivity contribution < 1.29 is 19.4 Å². The highest BCUT2D eigenvalue weighted by molar-refractivity contribution is 9.11. The Morgan fingerprint density at radius 3 is 2.30 bits per heavy atom. The first-order chi connectivity index (χ1) is 12.8. The average Bonchev–Trinajstić information content (AvgIpc) is 2.61. The zero-order chi connectivity index (χ0) is 20.0. The Labute approximate surface area is 169 Å². The maximum atomic E-state index is 12.1. The van der Waals surface area contributed by atoms with Crippen LogP contribution in [0.1, 0.15) is 11.1 Å². The van der Waals surface area contributed by atoms with Crippen molar-refractivity contribution in [2.45, 2.75) is 0 Å². The summed E-state index contributed by atoms with van der Waals surface area (Å²) < 4.78 is 6.34. The van der Waals surface area contributed by atoms with Crippen molar-refractivity contribution >= 4 is 55.7 Å². The summed E-state index contributed by atoms with van der Waals surface area (Å²) in [5.74, 6) is -0.596. The number of ether oxygens (including phenoxy) is 1. The van der Waals surface area contributed by atoms with E-state index in [1.54, 1.807) is 12.1 Å². The van der Waals surface area contributed by atoms with Crippen LogP contribution in [-0.2, 0) is 4.79 Å². The molecule has 2 aromatic rings. The zero-order valence-corrected chi connectivity index (χ0v) is 16.5. The van der Waals surface area contributed by atoms with E-state index in [4.69, 9.17) is 4.74 Å². The Morgan fingerprint density at radius 2 is 1.70 bits per heavy atom. The number of non-ortho nitro benzene ring substituents is 1. The van der Waals surface area contributed by atoms with E-state index in [0.29, 0.717) is 20.1 Å². The van der Waals surface area contributed by atoms with Crippen LogP contribution in [0.5, 0.6) is 5.75 Å². The summed E-state index contributed by atoms with van der Waals surface area (Å²) in [4.78, 5) is 32.1. The number of nitro benzene ring substituents is 1. The standard InChI is InChI=1S/C17H10Br2N2O6/c18-13-9-12(7-8-20(23)24)17(15(19)10-13)27-16(22)6-3-11-1-4-14(5-2-11)21(25)26/h1-10H/b6-3+,8-7+. The molecule has 0 atom stereocenters. The van der Waals surface area contributed by atoms with Gasteiger partial charge in [0.25, 0.3) is 5.69 Å². The molecular weight excluding hydrogens is 488 g/mol. The molecule has 0 amide bonds. The number of carbonyl (C=O) groups excluding carboxylic acids is 1. The molecule has 0 spiro atoms. The number of esters is 1. The molecule has 0 unspecified atom stereocenters. The second-order valence-corrected chi connectivity index (χ2v) is 6.78. The molecule has 0 aliphatic rings. The second-order valence-electron chi connectivity index (χ2n) is 5.01. The Morgan fingerprint density at radius 1 is 1.04 bits per heavy atom. The monoisotopic (exact) mass is 496 g/mol. The van der Waals surface area contributed by atoms with Gasteiger partial charge in [0, 0.05) is 34.3 Å². The Kier molecular flexibility index (Phi) is 6.97. The minimum Gasteiger partial charge on any atom is -0.422 e. The van der Waals surface area contributed by atoms with Crippen molar-refractivity contribution in [3.63, 3.8) is 0 Å². The molecule has 0 aromatic heterocycles. The maximum absolute atomic E-state index is 12.1. The van der Waals surface area contributed by atoms with E-state index in [1.807, 2.05) is 0 Å². The van der Waals surface area contributed by atoms with Crippen molar-refractivity contribution in [3.8, 4) is 5.75 Å². The van der Waals surface area contributed by atoms with Gasteiger partial charge in [-0.15, -0.1) is 0 Å². The van der Waals surface area contributed by atoms with Gasteiger partial charge in [0.15, 0.2) is 5.75 Å². The number of carbonyl (C=O) groups is 1. The van der Waals surface area contributed by atoms with E-state index in [1.165, 1.54) is 36.4 Å². The summed E-state index contributed by atoms with van der Waals surface area (Å²) in [5, 5.41) is 21.2. The Balaban J connectivity index is 2.19. The lowest BCUT2D eigenvalue weighted by Crippen LogP contribution is -2.05. The largest absolute Gasteiger partial charge is 0.422 e. The van der Waals surface area contributed by atoms with Gasteiger partial charge in [0.2, 0.25) is 6.20 Å². The van der Waals surface area contributed by atoms with Crippen molar-refractivity contribution in [2.75, 3.05) is 0 Å². The van der Waals surface area contributed by atoms with E-state index in [0.717, 1.165) is 12.3 Å². The molecule has 0 aliphatic heterocycles. The topological polar surface area (TPSA) is 113 Å². The third-order valence-corrected chi connectivity index (χ3v) is 4.18. The molecule has 138 valence electrons. The molecule has 0 aliphatic carbocycles. The molecule has 0 radical (unpaired) electrons. The van der Waals surface area contributed by atoms with Crippen molar-refractivity contribution in [3.05, 3.63) is 89.0 Å². The zero-order valence-electron chi connectivity index (χ0n) is 13.4. The smallest absolute Gasteiger partial charge is 0.336 e. The lowest BCUT2D eigenvalue weighted by Gasteiger charge is -2.08. The van der Waals surface area contributed by atoms with Gasteiger partial charge in [-0.25, -0.2) is 4.79 Å². The molecular formula is C17H10Br2N2O6. The molecule has 0 heterocycles. The van der Waals surface area contributed by atoms with Gasteiger partial charge in [-0.1, -0.05) is 15.9 Å². The van der Waals surface area contributed by atoms with Crippen molar-refractivity contribution in [1.82, 2.24) is 0 Å². The van der Waals surface area contributed by atoms with Crippen LogP contribution in [0, 0.1) is 20.2 Å². The highest BCUT2D eigenvalue weighted by Crippen LogP contribution is 2.34. The number of rotatable bonds is 6. The van der Waals surface area contributed by atoms with Crippen LogP contribution in [0.25, 0.3) is 12.2 Å². The van der Waals surface area contributed by atoms with Crippen LogP contribution < -0.4 is 4.74 Å². The van der Waals surface area contributed by atoms with Crippen molar-refractivity contribution in [1.29, 1.82) is 0 Å². The summed E-state index contributed by atoms with van der Waals surface area (Å²) in [5.41, 5.74) is 0.835. The summed E-state index contributed by atoms with van der Waals surface area (Å²) in [6.07, 6.45) is 4.53. The lowest BCUT2D eigenvalue weighted by molar-refractivity contribution is -0.400. The summed E-state index contributed by atoms with van der Waals surface area (Å²) >= 11 is 6.51. The van der Waals surface area contributed by atoms with Gasteiger partial charge in [-0.3, -0.25) is 20.2 Å². The van der Waals surface area contributed by atoms with Gasteiger partial charge < -0.3 is 4.74 Å². The van der Waals surface area contributed by atoms with E-state index < -0.39 is 15.8 Å². The first kappa shape index (κ1) is 20.5. The number of halogens is 2. The number of benzene rings is 2. The molecule has 0 fully saturated rings. The molecule has 0 saturated carbocycles. The normalized spacial score (nSPS) is 11.0. The summed E-state index contributed by atoms with van der Waals surface area (Å²) in [7, 11) is 0. The average molecular weight is 498 g/mol. The first-order valence-electron chi connectivity index (χ1n) is 7.21. The van der Waals surface area contributed by atoms with E-state index in [9.17, 15) is 25.0 Å². The predicted octanol–water partition coefficient (Wildman–Crippen LogP) is 4.99. The van der Waals surface area contributed by atoms with E-state index >= 15 is 0 Å². The van der Waals surface area contributed by atoms with Gasteiger partial charge in [0.1, 0.15) is 0 Å². The van der Waals surface area contributed by atoms with Gasteiger partial charge in [0.05, 0.1) is 14.3 Å². The van der Waals surface area contributed by atoms with Crippen LogP contribution >= 0.6 is 31.9 Å². The third-order valence-electron chi connectivity index (χ3n) is 3.13. The fourth-order valence-corrected chi connectivity index (χ4v) is 3.30. The third kappa shape index (κ3) is 6.12. The molecule has 8 nitrogen and oxygen atoms in total. The molecule has 0 N–H and O–H groups in total. The van der Waals surface area contributed by atoms with Crippen LogP contribution in [0.15, 0.2) is 57.6 Å². The molecule has 0 bridgehead atoms. The quantitative estimate of drug-likeness (QED) is 0.183. The van der Waals surface area contributed by atoms with E-state index in [-0.39, 0.29) is 11.4 Å². The van der Waals surface area contributed by atoms with Gasteiger partial charge in [-0.05, 0) is 51.8 Å². The first-order valence-corrected chi connectivity index (χ1v) is 8.80. The van der Waals surface area contributed by atoms with Crippen molar-refractivity contribution in [2.24, 2.45) is 0 Å². The van der Waals surface area contributed by atoms with Crippen LogP contribution in [0.3, 0.4) is 0 Å². The summed E-state index contributed by atoms with van der Waals surface area (Å²) in [6.45, 7) is 0.